The third-order valence-electron chi connectivity index (χ3n) is 7.02. The lowest BCUT2D eigenvalue weighted by atomic mass is 9.88. The molecule has 1 aliphatic rings. The van der Waals surface area contributed by atoms with Crippen molar-refractivity contribution in [1.82, 2.24) is 15.6 Å². The Morgan fingerprint density at radius 1 is 1.10 bits per heavy atom. The molecule has 12 heteroatoms. The van der Waals surface area contributed by atoms with Gasteiger partial charge in [-0.15, -0.1) is 0 Å². The Morgan fingerprint density at radius 2 is 1.81 bits per heavy atom. The summed E-state index contributed by atoms with van der Waals surface area (Å²) in [6, 6.07) is 10.6. The van der Waals surface area contributed by atoms with E-state index in [1.165, 1.54) is 37.4 Å². The first-order chi connectivity index (χ1) is 19.7. The third kappa shape index (κ3) is 6.79. The molecule has 0 spiro atoms. The number of nitrogens with zero attached hydrogens (tertiary/aromatic N) is 1. The van der Waals surface area contributed by atoms with Gasteiger partial charge in [-0.1, -0.05) is 18.5 Å². The van der Waals surface area contributed by atoms with Crippen LogP contribution < -0.4 is 20.1 Å². The Morgan fingerprint density at radius 3 is 2.40 bits per heavy atom. The summed E-state index contributed by atoms with van der Waals surface area (Å²) < 4.78 is 68.7. The number of hydrogen-bond donors (Lipinski definition) is 3. The van der Waals surface area contributed by atoms with Gasteiger partial charge in [0.1, 0.15) is 5.82 Å². The molecule has 0 bridgehead atoms. The van der Waals surface area contributed by atoms with Crippen LogP contribution >= 0.6 is 11.6 Å². The van der Waals surface area contributed by atoms with E-state index < -0.39 is 41.3 Å². The van der Waals surface area contributed by atoms with E-state index in [2.05, 4.69) is 15.6 Å². The maximum absolute atomic E-state index is 14.6. The highest BCUT2D eigenvalue weighted by atomic mass is 35.5. The first-order valence-corrected chi connectivity index (χ1v) is 13.7. The number of halogens is 5. The summed E-state index contributed by atoms with van der Waals surface area (Å²) in [4.78, 5) is 17.1. The topological polar surface area (TPSA) is 92.7 Å². The number of hydrogen-bond acceptors (Lipinski definition) is 6. The molecule has 0 aliphatic heterocycles. The quantitative estimate of drug-likeness (QED) is 0.227. The zero-order valence-corrected chi connectivity index (χ0v) is 24.3. The lowest BCUT2D eigenvalue weighted by molar-refractivity contribution is -0.265. The van der Waals surface area contributed by atoms with Crippen LogP contribution in [0.25, 0.3) is 11.3 Å². The van der Waals surface area contributed by atoms with Crippen molar-refractivity contribution >= 4 is 17.5 Å². The molecule has 1 atom stereocenters. The number of carbonyl (C=O) groups is 1. The molecule has 226 valence electrons. The number of alkyl halides is 3. The van der Waals surface area contributed by atoms with Crippen LogP contribution in [-0.4, -0.2) is 48.5 Å². The fourth-order valence-corrected chi connectivity index (χ4v) is 4.55. The van der Waals surface area contributed by atoms with Gasteiger partial charge in [0.05, 0.1) is 36.2 Å². The highest BCUT2D eigenvalue weighted by molar-refractivity contribution is 6.31. The summed E-state index contributed by atoms with van der Waals surface area (Å²) in [6.07, 6.45) is -3.38. The van der Waals surface area contributed by atoms with Crippen LogP contribution in [0.5, 0.6) is 11.5 Å². The van der Waals surface area contributed by atoms with Crippen molar-refractivity contribution in [2.75, 3.05) is 20.2 Å². The number of carbonyl (C=O) groups excluding carboxylic acids is 1. The van der Waals surface area contributed by atoms with Crippen LogP contribution in [0.15, 0.2) is 48.5 Å². The molecule has 4 rings (SSSR count). The van der Waals surface area contributed by atoms with E-state index in [1.54, 1.807) is 19.9 Å². The molecule has 3 N–H and O–H groups in total. The Hall–Kier alpha value is -3.41. The van der Waals surface area contributed by atoms with Crippen molar-refractivity contribution in [3.8, 4) is 22.8 Å². The highest BCUT2D eigenvalue weighted by Gasteiger charge is 2.56. The summed E-state index contributed by atoms with van der Waals surface area (Å²) in [5.41, 5.74) is -4.53. The average molecular weight is 610 g/mol. The third-order valence-corrected chi connectivity index (χ3v) is 7.31. The van der Waals surface area contributed by atoms with Gasteiger partial charge in [-0.2, -0.15) is 13.2 Å². The van der Waals surface area contributed by atoms with E-state index in [1.807, 2.05) is 6.92 Å². The summed E-state index contributed by atoms with van der Waals surface area (Å²) in [6.45, 7) is 4.62. The van der Waals surface area contributed by atoms with Crippen molar-refractivity contribution < 1.29 is 36.9 Å². The summed E-state index contributed by atoms with van der Waals surface area (Å²) in [5, 5.41) is 16.3. The molecule has 1 unspecified atom stereocenters. The lowest BCUT2D eigenvalue weighted by Crippen LogP contribution is -2.52. The molecule has 3 aromatic rings. The fourth-order valence-electron chi connectivity index (χ4n) is 4.37. The highest BCUT2D eigenvalue weighted by Crippen LogP contribution is 2.41. The van der Waals surface area contributed by atoms with Gasteiger partial charge in [0, 0.05) is 16.7 Å². The number of benzene rings is 2. The zero-order chi connectivity index (χ0) is 30.9. The molecular formula is C30H32ClF4N3O4. The Bertz CT molecular complexity index is 1460. The van der Waals surface area contributed by atoms with Crippen molar-refractivity contribution in [3.63, 3.8) is 0 Å². The molecule has 0 saturated heterocycles. The van der Waals surface area contributed by atoms with Gasteiger partial charge >= 0.3 is 6.18 Å². The number of amides is 1. The fraction of sp³-hybridized carbons (Fsp3) is 0.400. The molecule has 2 aromatic carbocycles. The molecule has 42 heavy (non-hydrogen) atoms. The number of rotatable bonds is 11. The zero-order valence-electron chi connectivity index (χ0n) is 23.5. The first kappa shape index (κ1) is 31.5. The SMILES string of the molecule is CCNC(C)(C)c1cc(-c2ccc(F)c(Cl)c2)nc(C(O)(CNC(=O)c2ccc(OC3CC3)c(OC)c2)C(F)(F)F)c1. The van der Waals surface area contributed by atoms with E-state index in [0.717, 1.165) is 25.0 Å². The maximum atomic E-state index is 14.6. The van der Waals surface area contributed by atoms with Crippen LogP contribution in [0, 0.1) is 5.82 Å². The number of aromatic nitrogens is 1. The number of nitrogens with one attached hydrogen (secondary N) is 2. The monoisotopic (exact) mass is 609 g/mol. The summed E-state index contributed by atoms with van der Waals surface area (Å²) in [7, 11) is 1.39. The average Bonchev–Trinajstić information content (AvgIpc) is 3.76. The second-order valence-electron chi connectivity index (χ2n) is 10.6. The molecule has 7 nitrogen and oxygen atoms in total. The van der Waals surface area contributed by atoms with Crippen molar-refractivity contribution in [3.05, 3.63) is 76.2 Å². The van der Waals surface area contributed by atoms with Crippen molar-refractivity contribution in [2.24, 2.45) is 0 Å². The Balaban J connectivity index is 1.72. The first-order valence-electron chi connectivity index (χ1n) is 13.3. The summed E-state index contributed by atoms with van der Waals surface area (Å²) in [5.74, 6) is -0.906. The molecule has 1 aromatic heterocycles. The van der Waals surface area contributed by atoms with Crippen LogP contribution in [0.2, 0.25) is 5.02 Å². The van der Waals surface area contributed by atoms with Gasteiger partial charge in [-0.25, -0.2) is 9.37 Å². The predicted molar refractivity (Wildman–Crippen MR) is 150 cm³/mol. The van der Waals surface area contributed by atoms with Gasteiger partial charge in [0.25, 0.3) is 5.91 Å². The smallest absolute Gasteiger partial charge is 0.424 e. The van der Waals surface area contributed by atoms with Crippen LogP contribution in [0.1, 0.15) is 55.2 Å². The maximum Gasteiger partial charge on any atom is 0.424 e. The molecule has 1 heterocycles. The normalized spacial score (nSPS) is 15.2. The molecule has 1 saturated carbocycles. The van der Waals surface area contributed by atoms with E-state index >= 15 is 0 Å². The largest absolute Gasteiger partial charge is 0.493 e. The number of pyridine rings is 1. The number of aliphatic hydroxyl groups is 1. The second kappa shape index (κ2) is 12.1. The second-order valence-corrected chi connectivity index (χ2v) is 11.0. The standard InChI is InChI=1S/C30H32ClF4N3O4/c1-5-37-28(2,3)19-14-23(17-6-10-22(32)21(31)12-17)38-26(15-19)29(40,30(33,34)35)16-36-27(39)18-7-11-24(25(13-18)41-4)42-20-8-9-20/h6-7,10-15,20,37,40H,5,8-9,16H2,1-4H3,(H,36,39). The number of methoxy groups -OCH3 is 1. The Labute approximate surface area is 246 Å². The van der Waals surface area contributed by atoms with Gasteiger partial charge in [0.2, 0.25) is 5.60 Å². The molecule has 1 amide bonds. The van der Waals surface area contributed by atoms with Gasteiger partial charge in [0.15, 0.2) is 11.5 Å². The minimum absolute atomic E-state index is 0.0103. The minimum Gasteiger partial charge on any atom is -0.493 e. The molecule has 1 aliphatic carbocycles. The van der Waals surface area contributed by atoms with Crippen LogP contribution in [0.4, 0.5) is 17.6 Å². The lowest BCUT2D eigenvalue weighted by Gasteiger charge is -2.33. The summed E-state index contributed by atoms with van der Waals surface area (Å²) >= 11 is 5.94. The van der Waals surface area contributed by atoms with Gasteiger partial charge in [-0.05, 0) is 87.3 Å². The van der Waals surface area contributed by atoms with Crippen molar-refractivity contribution in [1.29, 1.82) is 0 Å². The van der Waals surface area contributed by atoms with Crippen LogP contribution in [-0.2, 0) is 11.1 Å². The molecule has 1 fully saturated rings. The van der Waals surface area contributed by atoms with E-state index in [9.17, 15) is 27.5 Å². The number of ether oxygens (including phenoxy) is 2. The van der Waals surface area contributed by atoms with E-state index in [-0.39, 0.29) is 33.7 Å². The van der Waals surface area contributed by atoms with Crippen molar-refractivity contribution in [2.45, 2.75) is 57.0 Å². The van der Waals surface area contributed by atoms with E-state index in [4.69, 9.17) is 21.1 Å². The molecule has 0 radical (unpaired) electrons. The van der Waals surface area contributed by atoms with E-state index in [0.29, 0.717) is 17.9 Å². The van der Waals surface area contributed by atoms with Gasteiger partial charge < -0.3 is 25.2 Å². The molecular weight excluding hydrogens is 578 g/mol. The predicted octanol–water partition coefficient (Wildman–Crippen LogP) is 6.12. The van der Waals surface area contributed by atoms with Crippen LogP contribution in [0.3, 0.4) is 0 Å². The minimum atomic E-state index is -5.24. The Kier molecular flexibility index (Phi) is 9.05. The van der Waals surface area contributed by atoms with Gasteiger partial charge in [-0.3, -0.25) is 4.79 Å².